The molecule has 5 heteroatoms. The van der Waals surface area contributed by atoms with E-state index >= 15 is 0 Å². The molecule has 0 aliphatic heterocycles. The van der Waals surface area contributed by atoms with Crippen molar-refractivity contribution in [3.8, 4) is 0 Å². The van der Waals surface area contributed by atoms with Crippen LogP contribution >= 0.6 is 24.0 Å². The SMILES string of the molecule is CN=C(NCCc1ccc(C)cc1C)NCC1(CCOC)CCC1.I. The number of halogens is 1. The normalized spacial score (nSPS) is 15.9. The number of hydrogen-bond donors (Lipinski definition) is 2. The molecule has 0 radical (unpaired) electrons. The molecule has 0 aromatic heterocycles. The molecule has 1 aromatic carbocycles. The summed E-state index contributed by atoms with van der Waals surface area (Å²) >= 11 is 0. The van der Waals surface area contributed by atoms with Crippen LogP contribution in [0.5, 0.6) is 0 Å². The van der Waals surface area contributed by atoms with E-state index in [9.17, 15) is 0 Å². The Morgan fingerprint density at radius 1 is 1.24 bits per heavy atom. The Labute approximate surface area is 170 Å². The molecule has 2 N–H and O–H groups in total. The van der Waals surface area contributed by atoms with Gasteiger partial charge >= 0.3 is 0 Å². The highest BCUT2D eigenvalue weighted by Crippen LogP contribution is 2.43. The summed E-state index contributed by atoms with van der Waals surface area (Å²) in [5.74, 6) is 0.906. The highest BCUT2D eigenvalue weighted by Gasteiger charge is 2.36. The predicted octanol–water partition coefficient (Wildman–Crippen LogP) is 3.84. The Bertz CT molecular complexity index is 556. The third kappa shape index (κ3) is 6.77. The summed E-state index contributed by atoms with van der Waals surface area (Å²) in [6.45, 7) is 7.06. The number of hydrogen-bond acceptors (Lipinski definition) is 2. The lowest BCUT2D eigenvalue weighted by Gasteiger charge is -2.42. The van der Waals surface area contributed by atoms with Gasteiger partial charge in [-0.2, -0.15) is 0 Å². The van der Waals surface area contributed by atoms with Crippen molar-refractivity contribution in [2.45, 2.75) is 46.0 Å². The van der Waals surface area contributed by atoms with E-state index in [1.54, 1.807) is 7.11 Å². The van der Waals surface area contributed by atoms with Crippen LogP contribution in [0.3, 0.4) is 0 Å². The van der Waals surface area contributed by atoms with E-state index < -0.39 is 0 Å². The average Bonchev–Trinajstić information content (AvgIpc) is 2.53. The number of guanidine groups is 1. The first-order valence-electron chi connectivity index (χ1n) is 9.08. The van der Waals surface area contributed by atoms with E-state index in [2.05, 4.69) is 47.7 Å². The number of nitrogens with zero attached hydrogens (tertiary/aromatic N) is 1. The van der Waals surface area contributed by atoms with Crippen molar-refractivity contribution in [3.05, 3.63) is 34.9 Å². The molecule has 1 fully saturated rings. The maximum absolute atomic E-state index is 5.27. The fourth-order valence-corrected chi connectivity index (χ4v) is 3.44. The number of methoxy groups -OCH3 is 1. The van der Waals surface area contributed by atoms with E-state index in [1.165, 1.54) is 36.0 Å². The van der Waals surface area contributed by atoms with Gasteiger partial charge in [0.15, 0.2) is 5.96 Å². The molecule has 1 aliphatic carbocycles. The van der Waals surface area contributed by atoms with Crippen molar-refractivity contribution in [2.75, 3.05) is 33.9 Å². The lowest BCUT2D eigenvalue weighted by Crippen LogP contribution is -2.47. The Morgan fingerprint density at radius 2 is 2.00 bits per heavy atom. The monoisotopic (exact) mass is 459 g/mol. The molecule has 2 rings (SSSR count). The summed E-state index contributed by atoms with van der Waals surface area (Å²) in [6.07, 6.45) is 6.08. The summed E-state index contributed by atoms with van der Waals surface area (Å²) in [5.41, 5.74) is 4.50. The number of aliphatic imine (C=N–C) groups is 1. The zero-order valence-electron chi connectivity index (χ0n) is 16.2. The summed E-state index contributed by atoms with van der Waals surface area (Å²) in [7, 11) is 3.63. The van der Waals surface area contributed by atoms with Gasteiger partial charge in [-0.3, -0.25) is 4.99 Å². The van der Waals surface area contributed by atoms with Crippen LogP contribution in [0.2, 0.25) is 0 Å². The van der Waals surface area contributed by atoms with Gasteiger partial charge in [0.2, 0.25) is 0 Å². The molecule has 1 saturated carbocycles. The van der Waals surface area contributed by atoms with Crippen LogP contribution in [0.15, 0.2) is 23.2 Å². The Balaban J connectivity index is 0.00000312. The molecule has 0 saturated heterocycles. The molecule has 0 heterocycles. The van der Waals surface area contributed by atoms with Gasteiger partial charge in [0, 0.05) is 33.9 Å². The minimum absolute atomic E-state index is 0. The van der Waals surface area contributed by atoms with Crippen molar-refractivity contribution in [3.63, 3.8) is 0 Å². The van der Waals surface area contributed by atoms with Gasteiger partial charge in [-0.05, 0) is 56.1 Å². The van der Waals surface area contributed by atoms with Gasteiger partial charge in [-0.15, -0.1) is 24.0 Å². The standard InChI is InChI=1S/C20H33N3O.HI/c1-16-6-7-18(17(2)14-16)8-12-22-19(21-3)23-15-20(9-5-10-20)11-13-24-4;/h6-7,14H,5,8-13,15H2,1-4H3,(H2,21,22,23);1H. The maximum atomic E-state index is 5.27. The molecule has 0 amide bonds. The van der Waals surface area contributed by atoms with E-state index in [0.717, 1.165) is 38.5 Å². The summed E-state index contributed by atoms with van der Waals surface area (Å²) < 4.78 is 5.27. The van der Waals surface area contributed by atoms with E-state index in [4.69, 9.17) is 4.74 Å². The Hall–Kier alpha value is -0.820. The molecule has 0 spiro atoms. The molecule has 25 heavy (non-hydrogen) atoms. The fraction of sp³-hybridized carbons (Fsp3) is 0.650. The van der Waals surface area contributed by atoms with Crippen molar-refractivity contribution >= 4 is 29.9 Å². The van der Waals surface area contributed by atoms with Gasteiger partial charge in [0.1, 0.15) is 0 Å². The van der Waals surface area contributed by atoms with Gasteiger partial charge in [-0.25, -0.2) is 0 Å². The van der Waals surface area contributed by atoms with Crippen LogP contribution in [0.1, 0.15) is 42.4 Å². The third-order valence-corrected chi connectivity index (χ3v) is 5.29. The smallest absolute Gasteiger partial charge is 0.191 e. The predicted molar refractivity (Wildman–Crippen MR) is 117 cm³/mol. The third-order valence-electron chi connectivity index (χ3n) is 5.29. The number of aryl methyl sites for hydroxylation is 2. The quantitative estimate of drug-likeness (QED) is 0.353. The molecular formula is C20H34IN3O. The van der Waals surface area contributed by atoms with Gasteiger partial charge in [-0.1, -0.05) is 30.2 Å². The van der Waals surface area contributed by atoms with Gasteiger partial charge < -0.3 is 15.4 Å². The average molecular weight is 459 g/mol. The Morgan fingerprint density at radius 3 is 2.56 bits per heavy atom. The Kier molecular flexibility index (Phi) is 9.79. The second-order valence-electron chi connectivity index (χ2n) is 7.13. The van der Waals surface area contributed by atoms with Gasteiger partial charge in [0.05, 0.1) is 0 Å². The molecular weight excluding hydrogens is 425 g/mol. The number of rotatable bonds is 8. The number of ether oxygens (including phenoxy) is 1. The van der Waals surface area contributed by atoms with Crippen LogP contribution < -0.4 is 10.6 Å². The minimum Gasteiger partial charge on any atom is -0.385 e. The van der Waals surface area contributed by atoms with E-state index in [1.807, 2.05) is 7.05 Å². The van der Waals surface area contributed by atoms with Crippen molar-refractivity contribution in [1.29, 1.82) is 0 Å². The second kappa shape index (κ2) is 11.0. The van der Waals surface area contributed by atoms with Gasteiger partial charge in [0.25, 0.3) is 0 Å². The van der Waals surface area contributed by atoms with Crippen molar-refractivity contribution < 1.29 is 4.74 Å². The second-order valence-corrected chi connectivity index (χ2v) is 7.13. The summed E-state index contributed by atoms with van der Waals surface area (Å²) in [4.78, 5) is 4.36. The van der Waals surface area contributed by atoms with Crippen LogP contribution in [0, 0.1) is 19.3 Å². The lowest BCUT2D eigenvalue weighted by atomic mass is 9.67. The van der Waals surface area contributed by atoms with E-state index in [0.29, 0.717) is 5.41 Å². The highest BCUT2D eigenvalue weighted by atomic mass is 127. The van der Waals surface area contributed by atoms with Crippen molar-refractivity contribution in [2.24, 2.45) is 10.4 Å². The summed E-state index contributed by atoms with van der Waals surface area (Å²) in [5, 5.41) is 6.96. The number of benzene rings is 1. The first kappa shape index (κ1) is 22.2. The molecule has 0 atom stereocenters. The maximum Gasteiger partial charge on any atom is 0.191 e. The zero-order valence-corrected chi connectivity index (χ0v) is 18.5. The zero-order chi connectivity index (χ0) is 17.4. The molecule has 0 bridgehead atoms. The number of nitrogens with one attached hydrogen (secondary N) is 2. The van der Waals surface area contributed by atoms with E-state index in [-0.39, 0.29) is 24.0 Å². The first-order chi connectivity index (χ1) is 11.6. The van der Waals surface area contributed by atoms with Crippen LogP contribution in [0.25, 0.3) is 0 Å². The highest BCUT2D eigenvalue weighted by molar-refractivity contribution is 14.0. The minimum atomic E-state index is 0. The summed E-state index contributed by atoms with van der Waals surface area (Å²) in [6, 6.07) is 6.67. The molecule has 4 nitrogen and oxygen atoms in total. The largest absolute Gasteiger partial charge is 0.385 e. The fourth-order valence-electron chi connectivity index (χ4n) is 3.44. The first-order valence-corrected chi connectivity index (χ1v) is 9.08. The van der Waals surface area contributed by atoms with Crippen LogP contribution in [-0.2, 0) is 11.2 Å². The molecule has 1 aromatic rings. The lowest BCUT2D eigenvalue weighted by molar-refractivity contribution is 0.0732. The topological polar surface area (TPSA) is 45.7 Å². The molecule has 0 unspecified atom stereocenters. The van der Waals surface area contributed by atoms with Crippen LogP contribution in [0.4, 0.5) is 0 Å². The molecule has 1 aliphatic rings. The van der Waals surface area contributed by atoms with Crippen molar-refractivity contribution in [1.82, 2.24) is 10.6 Å². The van der Waals surface area contributed by atoms with Crippen LogP contribution in [-0.4, -0.2) is 39.8 Å². The molecule has 142 valence electrons.